The molecule has 0 saturated carbocycles. The van der Waals surface area contributed by atoms with Crippen molar-refractivity contribution in [1.29, 1.82) is 0 Å². The van der Waals surface area contributed by atoms with Gasteiger partial charge in [-0.3, -0.25) is 0 Å². The Balaban J connectivity index is -0.000000000500. The van der Waals surface area contributed by atoms with Crippen molar-refractivity contribution in [3.63, 3.8) is 0 Å². The molecule has 0 aromatic heterocycles. The summed E-state index contributed by atoms with van der Waals surface area (Å²) in [6, 6.07) is 0. The van der Waals surface area contributed by atoms with Gasteiger partial charge in [-0.25, -0.2) is 0 Å². The minimum absolute atomic E-state index is 0. The van der Waals surface area contributed by atoms with Crippen LogP contribution in [0.2, 0.25) is 0 Å². The maximum absolute atomic E-state index is 8.30. The Morgan fingerprint density at radius 1 is 1.50 bits per heavy atom. The summed E-state index contributed by atoms with van der Waals surface area (Å²) in [5.74, 6) is 0. The van der Waals surface area contributed by atoms with Gasteiger partial charge in [-0.05, 0) is 0 Å². The third kappa shape index (κ3) is 8.93. The predicted octanol–water partition coefficient (Wildman–Crippen LogP) is -3.16. The summed E-state index contributed by atoms with van der Waals surface area (Å²) in [5, 5.41) is 0. The van der Waals surface area contributed by atoms with E-state index in [0.29, 0.717) is 21.0 Å². The fraction of sp³-hybridized carbons (Fsp3) is 0. The van der Waals surface area contributed by atoms with Gasteiger partial charge in [-0.1, -0.05) is 0 Å². The van der Waals surface area contributed by atoms with Crippen LogP contribution in [0.3, 0.4) is 0 Å². The molecule has 0 fully saturated rings. The molecule has 0 aliphatic rings. The maximum atomic E-state index is 8.30. The van der Waals surface area contributed by atoms with E-state index >= 15 is 0 Å². The standard InChI is InChI=1S/Ba.Na.Nb.O.3H/q+2;+1;;;3*-1. The van der Waals surface area contributed by atoms with E-state index in [1.165, 1.54) is 0 Å². The van der Waals surface area contributed by atoms with Crippen LogP contribution in [0, 0.1) is 0 Å². The van der Waals surface area contributed by atoms with Gasteiger partial charge in [0.05, 0.1) is 0 Å². The summed E-state index contributed by atoms with van der Waals surface area (Å²) < 4.78 is 8.30. The first kappa shape index (κ1) is 15.7. The monoisotopic (exact) mass is 273 g/mol. The van der Waals surface area contributed by atoms with Crippen molar-refractivity contribution in [3.05, 3.63) is 0 Å². The first-order valence-electron chi connectivity index (χ1n) is 0.183. The first-order valence-corrected chi connectivity index (χ1v) is 1.08. The summed E-state index contributed by atoms with van der Waals surface area (Å²) in [5.41, 5.74) is 0. The molecule has 0 aliphatic carbocycles. The molecule has 4 heavy (non-hydrogen) atoms. The third-order valence-electron chi connectivity index (χ3n) is 0. The van der Waals surface area contributed by atoms with E-state index in [1.54, 1.807) is 0 Å². The molecule has 0 spiro atoms. The van der Waals surface area contributed by atoms with Crippen LogP contribution in [0.5, 0.6) is 0 Å². The van der Waals surface area contributed by atoms with E-state index in [2.05, 4.69) is 0 Å². The molecule has 4 heteroatoms. The molecule has 1 nitrogen and oxygen atoms in total. The second-order valence-corrected chi connectivity index (χ2v) is 0. The summed E-state index contributed by atoms with van der Waals surface area (Å²) >= 11 is 0.500. The van der Waals surface area contributed by atoms with Crippen LogP contribution in [-0.2, 0) is 24.3 Å². The average Bonchev–Trinajstić information content (AvgIpc) is 1.00. The van der Waals surface area contributed by atoms with E-state index in [4.69, 9.17) is 3.25 Å². The number of hydrogen-bond acceptors (Lipinski definition) is 1. The van der Waals surface area contributed by atoms with Crippen LogP contribution in [0.15, 0.2) is 0 Å². The van der Waals surface area contributed by atoms with E-state index in [1.807, 2.05) is 0 Å². The fourth-order valence-electron chi connectivity index (χ4n) is 0. The molecule has 17 valence electrons. The molecular formula is H3BaNaNbO. The quantitative estimate of drug-likeness (QED) is 0.426. The second-order valence-electron chi connectivity index (χ2n) is 0. The Bertz CT molecular complexity index is 14.9. The third-order valence-corrected chi connectivity index (χ3v) is 0. The van der Waals surface area contributed by atoms with Crippen molar-refractivity contribution >= 4 is 48.9 Å². The van der Waals surface area contributed by atoms with Gasteiger partial charge in [0.1, 0.15) is 0 Å². The summed E-state index contributed by atoms with van der Waals surface area (Å²) in [6.07, 6.45) is 0. The van der Waals surface area contributed by atoms with Crippen molar-refractivity contribution in [2.75, 3.05) is 0 Å². The Kier molecular flexibility index (Phi) is 64.8. The van der Waals surface area contributed by atoms with E-state index in [9.17, 15) is 0 Å². The molecule has 0 aromatic rings. The molecule has 0 unspecified atom stereocenters. The Labute approximate surface area is 104 Å². The molecule has 0 rings (SSSR count). The van der Waals surface area contributed by atoms with Crippen LogP contribution in [-0.4, -0.2) is 48.9 Å². The van der Waals surface area contributed by atoms with E-state index in [0.717, 1.165) is 0 Å². The molecule has 0 atom stereocenters. The topological polar surface area (TPSA) is 17.1 Å². The van der Waals surface area contributed by atoms with Gasteiger partial charge in [0, 0.05) is 0 Å². The average molecular weight is 272 g/mol. The molecule has 0 amide bonds. The van der Waals surface area contributed by atoms with E-state index in [-0.39, 0.29) is 82.7 Å². The van der Waals surface area contributed by atoms with Crippen LogP contribution in [0.25, 0.3) is 0 Å². The Hall–Kier alpha value is 3.11. The van der Waals surface area contributed by atoms with Gasteiger partial charge in [0.2, 0.25) is 0 Å². The molecule has 0 heterocycles. The molecule has 0 bridgehead atoms. The Morgan fingerprint density at radius 3 is 1.50 bits per heavy atom. The van der Waals surface area contributed by atoms with Crippen molar-refractivity contribution in [2.45, 2.75) is 0 Å². The number of rotatable bonds is 0. The van der Waals surface area contributed by atoms with Gasteiger partial charge in [0.25, 0.3) is 0 Å². The van der Waals surface area contributed by atoms with Crippen LogP contribution in [0.1, 0.15) is 4.28 Å². The molecular weight excluding hydrogens is 269 g/mol. The van der Waals surface area contributed by atoms with Gasteiger partial charge in [-0.2, -0.15) is 0 Å². The molecule has 0 radical (unpaired) electrons. The molecule has 0 aliphatic heterocycles. The van der Waals surface area contributed by atoms with Gasteiger partial charge < -0.3 is 4.28 Å². The van der Waals surface area contributed by atoms with Crippen molar-refractivity contribution in [2.24, 2.45) is 0 Å². The first-order chi connectivity index (χ1) is 1.00. The SMILES string of the molecule is [Ba+2].[H-].[H-].[H-].[Na+].[O]=[Nb]. The molecule has 0 aromatic carbocycles. The zero-order valence-electron chi connectivity index (χ0n) is 5.56. The van der Waals surface area contributed by atoms with Crippen LogP contribution >= 0.6 is 0 Å². The van der Waals surface area contributed by atoms with Gasteiger partial charge >= 0.3 is 103 Å². The normalized spacial score (nSPS) is 0.750. The minimum atomic E-state index is 0. The van der Waals surface area contributed by atoms with Crippen LogP contribution in [0.4, 0.5) is 0 Å². The second kappa shape index (κ2) is 16.5. The Morgan fingerprint density at radius 2 is 1.50 bits per heavy atom. The number of hydrogen-bond donors (Lipinski definition) is 0. The van der Waals surface area contributed by atoms with Crippen molar-refractivity contribution in [1.82, 2.24) is 0 Å². The predicted molar refractivity (Wildman–Crippen MR) is 9.78 cm³/mol. The molecule has 0 N–H and O–H groups in total. The van der Waals surface area contributed by atoms with Gasteiger partial charge in [0.15, 0.2) is 0 Å². The van der Waals surface area contributed by atoms with Gasteiger partial charge in [-0.15, -0.1) is 0 Å². The van der Waals surface area contributed by atoms with E-state index < -0.39 is 0 Å². The van der Waals surface area contributed by atoms with Crippen molar-refractivity contribution in [3.8, 4) is 0 Å². The summed E-state index contributed by atoms with van der Waals surface area (Å²) in [7, 11) is 0. The molecule has 0 saturated heterocycles. The summed E-state index contributed by atoms with van der Waals surface area (Å²) in [6.45, 7) is 0. The van der Waals surface area contributed by atoms with Crippen molar-refractivity contribution < 1.29 is 58.1 Å². The zero-order chi connectivity index (χ0) is 2.00. The summed E-state index contributed by atoms with van der Waals surface area (Å²) in [4.78, 5) is 0. The fourth-order valence-corrected chi connectivity index (χ4v) is 0. The van der Waals surface area contributed by atoms with Crippen LogP contribution < -0.4 is 29.6 Å². The zero-order valence-corrected chi connectivity index (χ0v) is 11.2.